The van der Waals surface area contributed by atoms with Gasteiger partial charge in [0.1, 0.15) is 30.0 Å². The Labute approximate surface area is 232 Å². The zero-order chi connectivity index (χ0) is 27.8. The van der Waals surface area contributed by atoms with Crippen LogP contribution in [0.1, 0.15) is 40.7 Å². The van der Waals surface area contributed by atoms with Gasteiger partial charge in [0.2, 0.25) is 0 Å². The van der Waals surface area contributed by atoms with Crippen LogP contribution in [-0.4, -0.2) is 65.0 Å². The summed E-state index contributed by atoms with van der Waals surface area (Å²) in [5.74, 6) is 1.85. The van der Waals surface area contributed by atoms with Gasteiger partial charge in [-0.1, -0.05) is 12.1 Å². The van der Waals surface area contributed by atoms with E-state index in [4.69, 9.17) is 14.2 Å². The number of ether oxygens (including phenoxy) is 3. The number of aliphatic hydroxyl groups excluding tert-OH is 2. The molecular formula is C31H34N2O7. The minimum Gasteiger partial charge on any atom is -0.508 e. The highest BCUT2D eigenvalue weighted by atomic mass is 16.5. The van der Waals surface area contributed by atoms with E-state index in [-0.39, 0.29) is 30.6 Å². The lowest BCUT2D eigenvalue weighted by Gasteiger charge is -2.38. The molecule has 0 bridgehead atoms. The first-order chi connectivity index (χ1) is 19.5. The Morgan fingerprint density at radius 2 is 1.95 bits per heavy atom. The Hall–Kier alpha value is -4.08. The van der Waals surface area contributed by atoms with E-state index in [0.717, 1.165) is 53.9 Å². The van der Waals surface area contributed by atoms with Crippen LogP contribution in [0, 0.1) is 0 Å². The van der Waals surface area contributed by atoms with Gasteiger partial charge in [0.05, 0.1) is 26.5 Å². The summed E-state index contributed by atoms with van der Waals surface area (Å²) in [7, 11) is 1.48. The Balaban J connectivity index is 1.46. The van der Waals surface area contributed by atoms with Gasteiger partial charge in [0.15, 0.2) is 11.5 Å². The smallest absolute Gasteiger partial charge is 0.160 e. The van der Waals surface area contributed by atoms with Gasteiger partial charge in [-0.05, 0) is 65.3 Å². The molecule has 40 heavy (non-hydrogen) atoms. The minimum atomic E-state index is -0.831. The van der Waals surface area contributed by atoms with E-state index in [1.807, 2.05) is 30.6 Å². The molecule has 9 nitrogen and oxygen atoms in total. The van der Waals surface area contributed by atoms with Crippen molar-refractivity contribution in [2.75, 3.05) is 33.5 Å². The summed E-state index contributed by atoms with van der Waals surface area (Å²) in [6, 6.07) is 12.2. The summed E-state index contributed by atoms with van der Waals surface area (Å²) >= 11 is 0. The van der Waals surface area contributed by atoms with Gasteiger partial charge in [-0.3, -0.25) is 0 Å². The summed E-state index contributed by atoms with van der Waals surface area (Å²) in [5.41, 5.74) is 5.65. The predicted molar refractivity (Wildman–Crippen MR) is 149 cm³/mol. The molecule has 210 valence electrons. The molecule has 0 saturated heterocycles. The van der Waals surface area contributed by atoms with Gasteiger partial charge in [0.25, 0.3) is 0 Å². The molecular weight excluding hydrogens is 512 g/mol. The maximum atomic E-state index is 11.4. The molecule has 5 N–H and O–H groups in total. The molecule has 3 unspecified atom stereocenters. The number of fused-ring (bicyclic) bond motifs is 5. The molecule has 3 aromatic rings. The van der Waals surface area contributed by atoms with Gasteiger partial charge < -0.3 is 44.9 Å². The van der Waals surface area contributed by atoms with Crippen molar-refractivity contribution in [2.24, 2.45) is 0 Å². The van der Waals surface area contributed by atoms with Crippen LogP contribution in [0.25, 0.3) is 11.1 Å². The van der Waals surface area contributed by atoms with Crippen molar-refractivity contribution in [3.63, 3.8) is 0 Å². The van der Waals surface area contributed by atoms with Crippen molar-refractivity contribution in [1.29, 1.82) is 0 Å². The fraction of sp³-hybridized carbons (Fsp3) is 0.355. The summed E-state index contributed by atoms with van der Waals surface area (Å²) in [4.78, 5) is 2.22. The largest absolute Gasteiger partial charge is 0.508 e. The van der Waals surface area contributed by atoms with Crippen LogP contribution in [0.15, 0.2) is 54.9 Å². The molecule has 0 amide bonds. The molecule has 2 heterocycles. The second-order valence-corrected chi connectivity index (χ2v) is 10.5. The number of rotatable bonds is 8. The third-order valence-corrected chi connectivity index (χ3v) is 7.99. The van der Waals surface area contributed by atoms with Gasteiger partial charge >= 0.3 is 0 Å². The van der Waals surface area contributed by atoms with Gasteiger partial charge in [-0.2, -0.15) is 0 Å². The van der Waals surface area contributed by atoms with E-state index in [1.165, 1.54) is 13.2 Å². The quantitative estimate of drug-likeness (QED) is 0.289. The van der Waals surface area contributed by atoms with Crippen molar-refractivity contribution in [3.05, 3.63) is 77.1 Å². The standard InChI is InChI=1S/C31H34N2O7/c1-38-27-14-19(2-5-24(27)36)31-25(37)15-23-26(40-31)16-28(39-11-10-34)30-22-4-3-21(35)13-20(22)12-18(29(23)30)6-8-33-9-7-32-17-33/h2-5,7,9,13-14,16,18,25,31-32,34-37H,6,8,10-12,15,17H2,1H3. The van der Waals surface area contributed by atoms with E-state index in [1.54, 1.807) is 18.2 Å². The number of hydrogen-bond donors (Lipinski definition) is 5. The predicted octanol–water partition coefficient (Wildman–Crippen LogP) is 3.55. The van der Waals surface area contributed by atoms with Crippen molar-refractivity contribution in [3.8, 4) is 39.9 Å². The van der Waals surface area contributed by atoms with Crippen molar-refractivity contribution >= 4 is 0 Å². The maximum absolute atomic E-state index is 11.4. The first-order valence-electron chi connectivity index (χ1n) is 13.6. The number of phenols is 2. The summed E-state index contributed by atoms with van der Waals surface area (Å²) in [5, 5.41) is 44.5. The molecule has 3 aromatic carbocycles. The average Bonchev–Trinajstić information content (AvgIpc) is 3.48. The highest BCUT2D eigenvalue weighted by Gasteiger charge is 2.38. The molecule has 1 aliphatic carbocycles. The molecule has 0 radical (unpaired) electrons. The lowest BCUT2D eigenvalue weighted by Crippen LogP contribution is -2.32. The van der Waals surface area contributed by atoms with E-state index in [9.17, 15) is 20.4 Å². The first kappa shape index (κ1) is 26.2. The van der Waals surface area contributed by atoms with Crippen molar-refractivity contribution in [2.45, 2.75) is 37.4 Å². The van der Waals surface area contributed by atoms with Gasteiger partial charge in [-0.15, -0.1) is 0 Å². The molecule has 3 atom stereocenters. The SMILES string of the molecule is COc1cc(C2Oc3cc(OCCO)c4c(c3CC2O)C(CCN2C=CNC2)Cc2cc(O)ccc2-4)ccc1O. The van der Waals surface area contributed by atoms with E-state index in [0.29, 0.717) is 29.2 Å². The second-order valence-electron chi connectivity index (χ2n) is 10.5. The zero-order valence-corrected chi connectivity index (χ0v) is 22.3. The molecule has 0 aromatic heterocycles. The highest BCUT2D eigenvalue weighted by Crippen LogP contribution is 2.53. The Kier molecular flexibility index (Phi) is 7.08. The normalized spacial score (nSPS) is 20.7. The molecule has 2 aliphatic heterocycles. The summed E-state index contributed by atoms with van der Waals surface area (Å²) in [6.07, 6.45) is 4.43. The van der Waals surface area contributed by atoms with E-state index in [2.05, 4.69) is 10.2 Å². The minimum absolute atomic E-state index is 0.0151. The number of nitrogens with one attached hydrogen (secondary N) is 1. The van der Waals surface area contributed by atoms with E-state index >= 15 is 0 Å². The lowest BCUT2D eigenvalue weighted by atomic mass is 9.73. The van der Waals surface area contributed by atoms with Crippen molar-refractivity contribution in [1.82, 2.24) is 10.2 Å². The van der Waals surface area contributed by atoms with Crippen molar-refractivity contribution < 1.29 is 34.6 Å². The van der Waals surface area contributed by atoms with Gasteiger partial charge in [0, 0.05) is 42.6 Å². The Morgan fingerprint density at radius 1 is 1.07 bits per heavy atom. The molecule has 0 fully saturated rings. The third kappa shape index (κ3) is 4.76. The fourth-order valence-corrected chi connectivity index (χ4v) is 6.16. The number of benzene rings is 3. The molecule has 0 spiro atoms. The summed E-state index contributed by atoms with van der Waals surface area (Å²) < 4.78 is 17.9. The number of phenolic OH excluding ortho intramolecular Hbond substituents is 2. The second kappa shape index (κ2) is 10.8. The molecule has 9 heteroatoms. The number of aromatic hydroxyl groups is 2. The van der Waals surface area contributed by atoms with Gasteiger partial charge in [-0.25, -0.2) is 0 Å². The Bertz CT molecular complexity index is 1440. The monoisotopic (exact) mass is 546 g/mol. The first-order valence-corrected chi connectivity index (χ1v) is 13.6. The van der Waals surface area contributed by atoms with Crippen LogP contribution in [-0.2, 0) is 12.8 Å². The maximum Gasteiger partial charge on any atom is 0.160 e. The van der Waals surface area contributed by atoms with Crippen LogP contribution in [0.4, 0.5) is 0 Å². The lowest BCUT2D eigenvalue weighted by molar-refractivity contribution is 0.0200. The molecule has 0 saturated carbocycles. The number of aliphatic hydroxyl groups is 2. The zero-order valence-electron chi connectivity index (χ0n) is 22.3. The van der Waals surface area contributed by atoms with E-state index < -0.39 is 12.2 Å². The van der Waals surface area contributed by atoms with Crippen LogP contribution in [0.2, 0.25) is 0 Å². The molecule has 6 rings (SSSR count). The Morgan fingerprint density at radius 3 is 2.73 bits per heavy atom. The van der Waals surface area contributed by atoms with Crippen LogP contribution in [0.3, 0.4) is 0 Å². The van der Waals surface area contributed by atoms with Crippen LogP contribution >= 0.6 is 0 Å². The highest BCUT2D eigenvalue weighted by molar-refractivity contribution is 5.83. The topological polar surface area (TPSA) is 124 Å². The number of nitrogens with zero attached hydrogens (tertiary/aromatic N) is 1. The van der Waals surface area contributed by atoms with Crippen LogP contribution < -0.4 is 19.5 Å². The third-order valence-electron chi connectivity index (χ3n) is 7.99. The number of hydrogen-bond acceptors (Lipinski definition) is 9. The number of methoxy groups -OCH3 is 1. The average molecular weight is 547 g/mol. The fourth-order valence-electron chi connectivity index (χ4n) is 6.16. The summed E-state index contributed by atoms with van der Waals surface area (Å²) in [6.45, 7) is 1.57. The van der Waals surface area contributed by atoms with Crippen LogP contribution in [0.5, 0.6) is 28.7 Å². The molecule has 3 aliphatic rings.